The second-order valence-electron chi connectivity index (χ2n) is 15.7. The Labute approximate surface area is 315 Å². The summed E-state index contributed by atoms with van der Waals surface area (Å²) in [6.07, 6.45) is 18.9. The number of unbranched alkanes of at least 4 members (excludes halogenated alkanes) is 2. The molecule has 4 saturated carbocycles. The lowest BCUT2D eigenvalue weighted by Gasteiger charge is -2.37. The summed E-state index contributed by atoms with van der Waals surface area (Å²) in [6.45, 7) is 7.97. The average molecular weight is 743 g/mol. The molecule has 0 bridgehead atoms. The minimum absolute atomic E-state index is 0.0609. The van der Waals surface area contributed by atoms with E-state index < -0.39 is 11.9 Å². The summed E-state index contributed by atoms with van der Waals surface area (Å²) in [7, 11) is 0. The van der Waals surface area contributed by atoms with E-state index in [-0.39, 0.29) is 47.5 Å². The smallest absolute Gasteiger partial charge is 0.330 e. The van der Waals surface area contributed by atoms with Gasteiger partial charge in [-0.15, -0.1) is 0 Å². The van der Waals surface area contributed by atoms with Gasteiger partial charge in [-0.25, -0.2) is 9.59 Å². The fourth-order valence-electron chi connectivity index (χ4n) is 9.02. The molecule has 0 heterocycles. The van der Waals surface area contributed by atoms with Crippen LogP contribution in [0.4, 0.5) is 0 Å². The van der Waals surface area contributed by atoms with Crippen LogP contribution in [0.1, 0.15) is 128 Å². The summed E-state index contributed by atoms with van der Waals surface area (Å²) in [5, 5.41) is 0. The van der Waals surface area contributed by atoms with Gasteiger partial charge in [-0.2, -0.15) is 0 Å². The summed E-state index contributed by atoms with van der Waals surface area (Å²) >= 11 is 0. The third kappa shape index (κ3) is 14.0. The number of esters is 6. The highest BCUT2D eigenvalue weighted by Gasteiger charge is 2.38. The van der Waals surface area contributed by atoms with Gasteiger partial charge in [0.25, 0.3) is 0 Å². The number of hydrogen-bond acceptors (Lipinski definition) is 11. The van der Waals surface area contributed by atoms with E-state index in [1.807, 2.05) is 0 Å². The Morgan fingerprint density at radius 1 is 0.377 bits per heavy atom. The Morgan fingerprint density at radius 3 is 0.887 bits per heavy atom. The van der Waals surface area contributed by atoms with E-state index in [2.05, 4.69) is 13.2 Å². The first-order chi connectivity index (χ1) is 25.7. The van der Waals surface area contributed by atoms with Crippen molar-refractivity contribution in [2.75, 3.05) is 26.4 Å². The van der Waals surface area contributed by atoms with Crippen molar-refractivity contribution in [3.63, 3.8) is 0 Å². The molecule has 0 saturated heterocycles. The molecule has 0 aromatic rings. The third-order valence-electron chi connectivity index (χ3n) is 12.3. The summed E-state index contributed by atoms with van der Waals surface area (Å²) in [5.41, 5.74) is 0. The molecule has 53 heavy (non-hydrogen) atoms. The van der Waals surface area contributed by atoms with Gasteiger partial charge in [-0.3, -0.25) is 19.2 Å². The molecule has 0 aromatic heterocycles. The van der Waals surface area contributed by atoms with E-state index in [4.69, 9.17) is 23.7 Å². The molecule has 0 unspecified atom stereocenters. The van der Waals surface area contributed by atoms with Gasteiger partial charge in [0.05, 0.1) is 50.1 Å². The van der Waals surface area contributed by atoms with E-state index in [1.165, 1.54) is 0 Å². The number of ether oxygens (including phenoxy) is 5. The van der Waals surface area contributed by atoms with Crippen molar-refractivity contribution in [2.24, 2.45) is 47.3 Å². The highest BCUT2D eigenvalue weighted by Crippen LogP contribution is 2.44. The molecule has 0 amide bonds. The topological polar surface area (TPSA) is 149 Å². The van der Waals surface area contributed by atoms with Gasteiger partial charge < -0.3 is 23.7 Å². The van der Waals surface area contributed by atoms with Crippen molar-refractivity contribution >= 4 is 35.8 Å². The molecule has 296 valence electrons. The Hall–Kier alpha value is -3.50. The maximum absolute atomic E-state index is 13.0. The van der Waals surface area contributed by atoms with Crippen molar-refractivity contribution in [1.29, 1.82) is 0 Å². The predicted molar refractivity (Wildman–Crippen MR) is 196 cm³/mol. The van der Waals surface area contributed by atoms with Crippen LogP contribution in [0.2, 0.25) is 0 Å². The molecule has 11 nitrogen and oxygen atoms in total. The van der Waals surface area contributed by atoms with Gasteiger partial charge in [0, 0.05) is 12.2 Å². The van der Waals surface area contributed by atoms with Crippen molar-refractivity contribution in [1.82, 2.24) is 0 Å². The summed E-state index contributed by atoms with van der Waals surface area (Å²) in [4.78, 5) is 73.3. The first-order valence-corrected chi connectivity index (χ1v) is 20.4. The van der Waals surface area contributed by atoms with Crippen LogP contribution in [-0.4, -0.2) is 62.2 Å². The van der Waals surface area contributed by atoms with Gasteiger partial charge in [-0.05, 0) is 152 Å². The fourth-order valence-corrected chi connectivity index (χ4v) is 9.02. The second kappa shape index (κ2) is 22.7. The molecule has 11 heteroatoms. The second-order valence-corrected chi connectivity index (χ2v) is 15.7. The Bertz CT molecular complexity index is 1130. The zero-order valence-electron chi connectivity index (χ0n) is 31.6. The normalized spacial score (nSPS) is 28.8. The standard InChI is InChI=1S/C42H62O11/c1-3-37(43)49-25-5-7-27-51-39(45)33-17-9-29(10-18-33)31-13-21-35(22-14-31)41(47)53-42(48)36-23-15-32(16-24-36)30-11-19-34(20-12-30)40(46)52-28-8-6-26-50-38(44)4-2/h3-4,29-36H,1-2,5-28H2. The van der Waals surface area contributed by atoms with E-state index in [9.17, 15) is 28.8 Å². The Morgan fingerprint density at radius 2 is 0.623 bits per heavy atom. The van der Waals surface area contributed by atoms with Crippen molar-refractivity contribution in [3.05, 3.63) is 25.3 Å². The van der Waals surface area contributed by atoms with Crippen molar-refractivity contribution < 1.29 is 52.5 Å². The first-order valence-electron chi connectivity index (χ1n) is 20.4. The molecule has 0 aliphatic heterocycles. The van der Waals surface area contributed by atoms with Crippen LogP contribution in [0, 0.1) is 47.3 Å². The maximum Gasteiger partial charge on any atom is 0.330 e. The minimum Gasteiger partial charge on any atom is -0.465 e. The Balaban J connectivity index is 1.03. The molecule has 4 fully saturated rings. The lowest BCUT2D eigenvalue weighted by molar-refractivity contribution is -0.167. The lowest BCUT2D eigenvalue weighted by Crippen LogP contribution is -2.34. The molecular formula is C42H62O11. The van der Waals surface area contributed by atoms with Crippen LogP contribution >= 0.6 is 0 Å². The molecule has 0 spiro atoms. The number of carbonyl (C=O) groups excluding carboxylic acids is 6. The molecule has 0 N–H and O–H groups in total. The van der Waals surface area contributed by atoms with Crippen LogP contribution in [0.5, 0.6) is 0 Å². The van der Waals surface area contributed by atoms with Crippen LogP contribution in [0.15, 0.2) is 25.3 Å². The molecule has 0 radical (unpaired) electrons. The lowest BCUT2D eigenvalue weighted by atomic mass is 9.69. The highest BCUT2D eigenvalue weighted by molar-refractivity contribution is 5.88. The van der Waals surface area contributed by atoms with Crippen molar-refractivity contribution in [2.45, 2.75) is 128 Å². The zero-order valence-corrected chi connectivity index (χ0v) is 31.6. The van der Waals surface area contributed by atoms with Gasteiger partial charge in [0.2, 0.25) is 0 Å². The number of rotatable bonds is 18. The highest BCUT2D eigenvalue weighted by atomic mass is 16.6. The monoisotopic (exact) mass is 742 g/mol. The molecular weight excluding hydrogens is 680 g/mol. The number of hydrogen-bond donors (Lipinski definition) is 0. The van der Waals surface area contributed by atoms with Crippen LogP contribution in [0.3, 0.4) is 0 Å². The van der Waals surface area contributed by atoms with Gasteiger partial charge >= 0.3 is 35.8 Å². The predicted octanol–water partition coefficient (Wildman–Crippen LogP) is 7.39. The summed E-state index contributed by atoms with van der Waals surface area (Å²) in [5.74, 6) is -0.262. The maximum atomic E-state index is 13.0. The van der Waals surface area contributed by atoms with Crippen LogP contribution in [-0.2, 0) is 52.5 Å². The average Bonchev–Trinajstić information content (AvgIpc) is 3.20. The van der Waals surface area contributed by atoms with E-state index in [0.717, 1.165) is 115 Å². The zero-order chi connectivity index (χ0) is 38.0. The number of carbonyl (C=O) groups is 6. The van der Waals surface area contributed by atoms with Gasteiger partial charge in [0.15, 0.2) is 0 Å². The van der Waals surface area contributed by atoms with Crippen LogP contribution < -0.4 is 0 Å². The van der Waals surface area contributed by atoms with E-state index >= 15 is 0 Å². The van der Waals surface area contributed by atoms with Gasteiger partial charge in [0.1, 0.15) is 0 Å². The van der Waals surface area contributed by atoms with Crippen LogP contribution in [0.25, 0.3) is 0 Å². The summed E-state index contributed by atoms with van der Waals surface area (Å²) < 4.78 is 26.3. The molecule has 0 aromatic carbocycles. The van der Waals surface area contributed by atoms with Gasteiger partial charge in [-0.1, -0.05) is 13.2 Å². The van der Waals surface area contributed by atoms with Crippen molar-refractivity contribution in [3.8, 4) is 0 Å². The Kier molecular flexibility index (Phi) is 18.1. The SMILES string of the molecule is C=CC(=O)OCCCCOC(=O)C1CCC(C2CCC(C(=O)OC(=O)C3CCC(C4CCC(C(=O)OCCCCOC(=O)C=C)CC4)CC3)CC2)CC1. The molecule has 4 aliphatic carbocycles. The first kappa shape index (κ1) is 42.2. The summed E-state index contributed by atoms with van der Waals surface area (Å²) in [6, 6.07) is 0. The quantitative estimate of drug-likeness (QED) is 0.0455. The third-order valence-corrected chi connectivity index (χ3v) is 12.3. The van der Waals surface area contributed by atoms with E-state index in [1.54, 1.807) is 0 Å². The minimum atomic E-state index is -0.446. The molecule has 0 atom stereocenters. The van der Waals surface area contributed by atoms with E-state index in [0.29, 0.717) is 75.8 Å². The fraction of sp³-hybridized carbons (Fsp3) is 0.762. The molecule has 4 rings (SSSR count). The largest absolute Gasteiger partial charge is 0.465 e. The molecule has 4 aliphatic rings.